The van der Waals surface area contributed by atoms with Crippen LogP contribution in [0.25, 0.3) is 0 Å². The van der Waals surface area contributed by atoms with Gasteiger partial charge in [-0.3, -0.25) is 4.99 Å². The molecule has 0 unspecified atom stereocenters. The zero-order chi connectivity index (χ0) is 16.0. The Balaban J connectivity index is 0.00000264. The standard InChI is InChI=1S/C16H24N4S2.HI/c1-12-20-13(10-22-12)7-8-18-15(17-4)19-11-16(2,3)14-6-5-9-21-14;/h5-6,9-10H,7-8,11H2,1-4H3,(H2,17,18,19);1H. The van der Waals surface area contributed by atoms with E-state index in [-0.39, 0.29) is 29.4 Å². The molecule has 0 aliphatic rings. The second kappa shape index (κ2) is 9.58. The van der Waals surface area contributed by atoms with E-state index < -0.39 is 0 Å². The van der Waals surface area contributed by atoms with Crippen molar-refractivity contribution in [2.24, 2.45) is 4.99 Å². The molecule has 2 N–H and O–H groups in total. The molecule has 0 saturated carbocycles. The van der Waals surface area contributed by atoms with E-state index in [4.69, 9.17) is 0 Å². The first-order valence-electron chi connectivity index (χ1n) is 7.41. The highest BCUT2D eigenvalue weighted by atomic mass is 127. The van der Waals surface area contributed by atoms with E-state index in [0.29, 0.717) is 0 Å². The van der Waals surface area contributed by atoms with Crippen molar-refractivity contribution in [3.63, 3.8) is 0 Å². The normalized spacial score (nSPS) is 11.9. The molecule has 23 heavy (non-hydrogen) atoms. The average Bonchev–Trinajstić information content (AvgIpc) is 3.14. The van der Waals surface area contributed by atoms with Crippen LogP contribution in [0, 0.1) is 6.92 Å². The molecule has 0 saturated heterocycles. The number of thiophene rings is 1. The predicted molar refractivity (Wildman–Crippen MR) is 113 cm³/mol. The highest BCUT2D eigenvalue weighted by molar-refractivity contribution is 14.0. The van der Waals surface area contributed by atoms with E-state index in [0.717, 1.165) is 36.2 Å². The molecule has 4 nitrogen and oxygen atoms in total. The number of nitrogens with one attached hydrogen (secondary N) is 2. The Kier molecular flexibility index (Phi) is 8.49. The second-order valence-corrected chi connectivity index (χ2v) is 7.83. The average molecular weight is 464 g/mol. The Bertz CT molecular complexity index is 605. The fourth-order valence-corrected chi connectivity index (χ4v) is 3.61. The van der Waals surface area contributed by atoms with Gasteiger partial charge in [0.05, 0.1) is 10.7 Å². The molecule has 0 atom stereocenters. The maximum atomic E-state index is 4.47. The minimum Gasteiger partial charge on any atom is -0.356 e. The molecule has 2 aromatic heterocycles. The molecule has 0 aliphatic carbocycles. The fraction of sp³-hybridized carbons (Fsp3) is 0.500. The summed E-state index contributed by atoms with van der Waals surface area (Å²) >= 11 is 3.50. The summed E-state index contributed by atoms with van der Waals surface area (Å²) in [5.74, 6) is 0.844. The van der Waals surface area contributed by atoms with Crippen LogP contribution in [0.15, 0.2) is 27.9 Å². The van der Waals surface area contributed by atoms with Crippen molar-refractivity contribution in [2.45, 2.75) is 32.6 Å². The van der Waals surface area contributed by atoms with Gasteiger partial charge in [0.15, 0.2) is 5.96 Å². The lowest BCUT2D eigenvalue weighted by Crippen LogP contribution is -2.43. The number of aryl methyl sites for hydroxylation is 1. The topological polar surface area (TPSA) is 49.3 Å². The van der Waals surface area contributed by atoms with Gasteiger partial charge >= 0.3 is 0 Å². The summed E-state index contributed by atoms with van der Waals surface area (Å²) in [5, 5.41) is 12.1. The van der Waals surface area contributed by atoms with Crippen LogP contribution < -0.4 is 10.6 Å². The van der Waals surface area contributed by atoms with Crippen molar-refractivity contribution in [3.8, 4) is 0 Å². The Hall–Kier alpha value is -0.670. The quantitative estimate of drug-likeness (QED) is 0.388. The van der Waals surface area contributed by atoms with Crippen LogP contribution in [0.1, 0.15) is 29.4 Å². The summed E-state index contributed by atoms with van der Waals surface area (Å²) < 4.78 is 0. The molecule has 0 radical (unpaired) electrons. The summed E-state index contributed by atoms with van der Waals surface area (Å²) in [7, 11) is 1.81. The third-order valence-corrected chi connectivity index (χ3v) is 5.51. The van der Waals surface area contributed by atoms with Gasteiger partial charge in [0.2, 0.25) is 0 Å². The molecule has 0 aromatic carbocycles. The van der Waals surface area contributed by atoms with Crippen molar-refractivity contribution in [1.29, 1.82) is 0 Å². The molecule has 7 heteroatoms. The fourth-order valence-electron chi connectivity index (χ4n) is 2.11. The minimum atomic E-state index is 0. The Morgan fingerprint density at radius 2 is 2.09 bits per heavy atom. The van der Waals surface area contributed by atoms with Gasteiger partial charge in [-0.1, -0.05) is 19.9 Å². The van der Waals surface area contributed by atoms with Gasteiger partial charge in [-0.25, -0.2) is 4.98 Å². The maximum Gasteiger partial charge on any atom is 0.191 e. The van der Waals surface area contributed by atoms with Crippen molar-refractivity contribution in [3.05, 3.63) is 38.5 Å². The molecule has 2 rings (SSSR count). The number of thiazole rings is 1. The number of hydrogen-bond donors (Lipinski definition) is 2. The molecule has 2 aromatic rings. The zero-order valence-electron chi connectivity index (χ0n) is 14.0. The largest absolute Gasteiger partial charge is 0.356 e. The molecule has 0 spiro atoms. The van der Waals surface area contributed by atoms with E-state index in [2.05, 4.69) is 57.4 Å². The van der Waals surface area contributed by atoms with Crippen molar-refractivity contribution in [2.75, 3.05) is 20.1 Å². The number of aliphatic imine (C=N–C) groups is 1. The van der Waals surface area contributed by atoms with E-state index in [1.54, 1.807) is 29.7 Å². The maximum absolute atomic E-state index is 4.47. The number of halogens is 1. The smallest absolute Gasteiger partial charge is 0.191 e. The zero-order valence-corrected chi connectivity index (χ0v) is 18.0. The first-order valence-corrected chi connectivity index (χ1v) is 9.17. The highest BCUT2D eigenvalue weighted by Gasteiger charge is 2.21. The number of guanidine groups is 1. The van der Waals surface area contributed by atoms with Crippen LogP contribution in [0.3, 0.4) is 0 Å². The van der Waals surface area contributed by atoms with E-state index >= 15 is 0 Å². The molecule has 0 aliphatic heterocycles. The van der Waals surface area contributed by atoms with Crippen LogP contribution in [0.2, 0.25) is 0 Å². The SMILES string of the molecule is CN=C(NCCc1csc(C)n1)NCC(C)(C)c1cccs1.I. The van der Waals surface area contributed by atoms with Gasteiger partial charge in [0.1, 0.15) is 0 Å². The van der Waals surface area contributed by atoms with Crippen molar-refractivity contribution >= 4 is 52.6 Å². The monoisotopic (exact) mass is 464 g/mol. The van der Waals surface area contributed by atoms with Crippen LogP contribution >= 0.6 is 46.7 Å². The number of aromatic nitrogens is 1. The lowest BCUT2D eigenvalue weighted by molar-refractivity contribution is 0.518. The van der Waals surface area contributed by atoms with Gasteiger partial charge in [-0.05, 0) is 18.4 Å². The van der Waals surface area contributed by atoms with E-state index in [9.17, 15) is 0 Å². The first-order chi connectivity index (χ1) is 10.5. The van der Waals surface area contributed by atoms with Gasteiger partial charge in [-0.2, -0.15) is 0 Å². The summed E-state index contributed by atoms with van der Waals surface area (Å²) in [6.07, 6.45) is 0.916. The summed E-state index contributed by atoms with van der Waals surface area (Å²) in [5.41, 5.74) is 1.24. The number of nitrogens with zero attached hydrogens (tertiary/aromatic N) is 2. The molecular weight excluding hydrogens is 439 g/mol. The van der Waals surface area contributed by atoms with Crippen LogP contribution in [-0.4, -0.2) is 31.1 Å². The Morgan fingerprint density at radius 3 is 2.65 bits per heavy atom. The summed E-state index contributed by atoms with van der Waals surface area (Å²) in [6, 6.07) is 4.29. The molecule has 0 amide bonds. The first kappa shape index (κ1) is 20.4. The molecule has 2 heterocycles. The molecule has 0 bridgehead atoms. The lowest BCUT2D eigenvalue weighted by Gasteiger charge is -2.25. The van der Waals surface area contributed by atoms with E-state index in [1.807, 2.05) is 6.92 Å². The van der Waals surface area contributed by atoms with Crippen molar-refractivity contribution in [1.82, 2.24) is 15.6 Å². The lowest BCUT2D eigenvalue weighted by atomic mass is 9.91. The summed E-state index contributed by atoms with van der Waals surface area (Å²) in [6.45, 7) is 8.22. The van der Waals surface area contributed by atoms with Gasteiger partial charge < -0.3 is 10.6 Å². The van der Waals surface area contributed by atoms with E-state index in [1.165, 1.54) is 4.88 Å². The highest BCUT2D eigenvalue weighted by Crippen LogP contribution is 2.26. The van der Waals surface area contributed by atoms with Gasteiger partial charge in [-0.15, -0.1) is 46.7 Å². The van der Waals surface area contributed by atoms with Crippen LogP contribution in [0.5, 0.6) is 0 Å². The van der Waals surface area contributed by atoms with Crippen LogP contribution in [-0.2, 0) is 11.8 Å². The Labute approximate surface area is 163 Å². The van der Waals surface area contributed by atoms with Crippen LogP contribution in [0.4, 0.5) is 0 Å². The third kappa shape index (κ3) is 6.39. The molecule has 0 fully saturated rings. The summed E-state index contributed by atoms with van der Waals surface area (Å²) in [4.78, 5) is 10.1. The Morgan fingerprint density at radius 1 is 1.30 bits per heavy atom. The minimum absolute atomic E-state index is 0. The number of hydrogen-bond acceptors (Lipinski definition) is 4. The molecular formula is C16H25IN4S2. The number of rotatable bonds is 6. The molecule has 128 valence electrons. The second-order valence-electron chi connectivity index (χ2n) is 5.82. The van der Waals surface area contributed by atoms with Gasteiger partial charge in [0, 0.05) is 42.2 Å². The van der Waals surface area contributed by atoms with Crippen molar-refractivity contribution < 1.29 is 0 Å². The third-order valence-electron chi connectivity index (χ3n) is 3.45. The predicted octanol–water partition coefficient (Wildman–Crippen LogP) is 3.82. The van der Waals surface area contributed by atoms with Gasteiger partial charge in [0.25, 0.3) is 0 Å².